The summed E-state index contributed by atoms with van der Waals surface area (Å²) in [5.74, 6) is 0.214. The summed E-state index contributed by atoms with van der Waals surface area (Å²) in [6, 6.07) is 11.5. The van der Waals surface area contributed by atoms with Crippen molar-refractivity contribution in [2.75, 3.05) is 62.3 Å². The van der Waals surface area contributed by atoms with E-state index in [9.17, 15) is 32.4 Å². The van der Waals surface area contributed by atoms with Crippen molar-refractivity contribution in [1.82, 2.24) is 35.1 Å². The van der Waals surface area contributed by atoms with Crippen LogP contribution in [0.2, 0.25) is 0 Å². The maximum Gasteiger partial charge on any atom is 0.262 e. The largest absolute Gasteiger partial charge is 0.451 e. The van der Waals surface area contributed by atoms with Gasteiger partial charge in [0.1, 0.15) is 18.1 Å². The molecular weight excluding hydrogens is 899 g/mol. The number of nitrogens with zero attached hydrogens (tertiary/aromatic N) is 5. The number of hydrogen-bond donors (Lipinski definition) is 4. The number of anilines is 2. The summed E-state index contributed by atoms with van der Waals surface area (Å²) in [5, 5.41) is 8.68. The molecule has 2 aromatic carbocycles. The van der Waals surface area contributed by atoms with E-state index < -0.39 is 39.7 Å². The van der Waals surface area contributed by atoms with Crippen molar-refractivity contribution in [2.45, 2.75) is 128 Å². The Hall–Kier alpha value is -5.46. The fraction of sp³-hybridized carbons (Fsp3) is 0.588. The molecule has 3 saturated heterocycles. The van der Waals surface area contributed by atoms with Gasteiger partial charge in [0, 0.05) is 56.3 Å². The molecule has 5 aliphatic rings. The summed E-state index contributed by atoms with van der Waals surface area (Å²) < 4.78 is 32.5. The van der Waals surface area contributed by atoms with Gasteiger partial charge >= 0.3 is 0 Å². The van der Waals surface area contributed by atoms with E-state index in [2.05, 4.69) is 40.4 Å². The van der Waals surface area contributed by atoms with Gasteiger partial charge in [-0.15, -0.1) is 0 Å². The molecule has 1 aromatic heterocycles. The average molecular weight is 968 g/mol. The topological polar surface area (TPSA) is 212 Å². The lowest BCUT2D eigenvalue weighted by molar-refractivity contribution is -0.136. The number of likely N-dealkylation sites (tertiary alicyclic amines) is 1. The van der Waals surface area contributed by atoms with Crippen LogP contribution >= 0.6 is 0 Å². The van der Waals surface area contributed by atoms with E-state index in [-0.39, 0.29) is 41.3 Å². The number of amides is 5. The molecule has 3 aromatic rings. The second-order valence-electron chi connectivity index (χ2n) is 20.0. The third-order valence-electron chi connectivity index (χ3n) is 14.7. The van der Waals surface area contributed by atoms with Crippen molar-refractivity contribution >= 4 is 51.1 Å². The maximum absolute atomic E-state index is 13.4. The molecule has 0 bridgehead atoms. The molecule has 1 atom stereocenters. The second-order valence-corrected chi connectivity index (χ2v) is 21.8. The number of aromatic nitrogens is 2. The fourth-order valence-electron chi connectivity index (χ4n) is 10.8. The summed E-state index contributed by atoms with van der Waals surface area (Å²) >= 11 is 0. The molecule has 8 rings (SSSR count). The first-order valence-corrected chi connectivity index (χ1v) is 27.1. The Balaban J connectivity index is 0.664. The van der Waals surface area contributed by atoms with E-state index in [0.29, 0.717) is 29.5 Å². The highest BCUT2D eigenvalue weighted by molar-refractivity contribution is 7.88. The fourth-order valence-corrected chi connectivity index (χ4v) is 11.7. The van der Waals surface area contributed by atoms with Crippen LogP contribution in [0.3, 0.4) is 0 Å². The van der Waals surface area contributed by atoms with Crippen LogP contribution in [-0.2, 0) is 19.6 Å². The van der Waals surface area contributed by atoms with Crippen molar-refractivity contribution in [3.05, 3.63) is 71.7 Å². The van der Waals surface area contributed by atoms with Gasteiger partial charge in [0.25, 0.3) is 17.7 Å². The standard InChI is InChI=1S/C51H69N9O8S/c1-69(66,67)57-37-18-16-36(17-19-37)32-58-28-24-51(25-29-58)33-59(34-51)46-44(31-52-35-55-46)68-43-15-11-10-14-40(43)47(62)54-27-13-9-7-5-3-2-4-6-8-12-26-53-38-20-21-39-41(30-38)50(65)60(49(39)64)42-22-23-45(61)56-48(42)63/h10-11,14-15,20-21,30-31,35-37,42,53,57H,2-9,12-13,16-19,22-29,32-34H2,1H3,(H,54,62)(H,56,61,63). The van der Waals surface area contributed by atoms with Gasteiger partial charge in [-0.2, -0.15) is 0 Å². The van der Waals surface area contributed by atoms with Gasteiger partial charge in [-0.1, -0.05) is 63.5 Å². The van der Waals surface area contributed by atoms with Crippen molar-refractivity contribution in [2.24, 2.45) is 11.3 Å². The zero-order valence-electron chi connectivity index (χ0n) is 40.0. The molecule has 5 heterocycles. The summed E-state index contributed by atoms with van der Waals surface area (Å²) in [5.41, 5.74) is 2.05. The SMILES string of the molecule is CS(=O)(=O)NC1CCC(CN2CCC3(CC2)CN(c2ncncc2Oc2ccccc2C(=O)NCCCCCCCCCCCCNc2ccc4c(c2)C(=O)N(C2CCC(=O)NC2=O)C4=O)C3)CC1. The summed E-state index contributed by atoms with van der Waals surface area (Å²) in [6.45, 7) is 6.40. The number of para-hydroxylation sites is 1. The second kappa shape index (κ2) is 23.0. The normalized spacial score (nSPS) is 21.5. The summed E-state index contributed by atoms with van der Waals surface area (Å²) in [7, 11) is -3.16. The van der Waals surface area contributed by atoms with Gasteiger partial charge < -0.3 is 25.2 Å². The van der Waals surface area contributed by atoms with Crippen LogP contribution in [0.25, 0.3) is 0 Å². The average Bonchev–Trinajstić information content (AvgIpc) is 3.56. The molecule has 17 nitrogen and oxygen atoms in total. The number of imide groups is 2. The van der Waals surface area contributed by atoms with Gasteiger partial charge in [0.2, 0.25) is 21.8 Å². The smallest absolute Gasteiger partial charge is 0.262 e. The van der Waals surface area contributed by atoms with Crippen LogP contribution in [0.15, 0.2) is 55.0 Å². The van der Waals surface area contributed by atoms with Crippen molar-refractivity contribution < 1.29 is 37.1 Å². The quantitative estimate of drug-likeness (QED) is 0.0598. The number of rotatable bonds is 23. The van der Waals surface area contributed by atoms with Gasteiger partial charge in [-0.05, 0) is 107 Å². The predicted molar refractivity (Wildman–Crippen MR) is 263 cm³/mol. The predicted octanol–water partition coefficient (Wildman–Crippen LogP) is 6.42. The van der Waals surface area contributed by atoms with Gasteiger partial charge in [0.05, 0.1) is 29.1 Å². The Bertz CT molecular complexity index is 2430. The lowest BCUT2D eigenvalue weighted by atomic mass is 9.71. The molecule has 4 N–H and O–H groups in total. The lowest BCUT2D eigenvalue weighted by Crippen LogP contribution is -2.61. The third kappa shape index (κ3) is 13.0. The Labute approximate surface area is 406 Å². The number of ether oxygens (including phenoxy) is 1. The molecule has 0 radical (unpaired) electrons. The summed E-state index contributed by atoms with van der Waals surface area (Å²) in [4.78, 5) is 78.0. The number of sulfonamides is 1. The molecule has 1 aliphatic carbocycles. The van der Waals surface area contributed by atoms with Crippen molar-refractivity contribution in [3.63, 3.8) is 0 Å². The van der Waals surface area contributed by atoms with Gasteiger partial charge in [0.15, 0.2) is 11.6 Å². The lowest BCUT2D eigenvalue weighted by Gasteiger charge is -2.54. The van der Waals surface area contributed by atoms with Crippen molar-refractivity contribution in [3.8, 4) is 11.5 Å². The highest BCUT2D eigenvalue weighted by atomic mass is 32.2. The van der Waals surface area contributed by atoms with E-state index in [4.69, 9.17) is 4.74 Å². The monoisotopic (exact) mass is 967 g/mol. The van der Waals surface area contributed by atoms with E-state index in [1.165, 1.54) is 31.9 Å². The molecule has 4 aliphatic heterocycles. The number of piperidine rings is 2. The number of fused-ring (bicyclic) bond motifs is 1. The molecule has 1 saturated carbocycles. The van der Waals surface area contributed by atoms with Crippen LogP contribution in [0.4, 0.5) is 11.5 Å². The van der Waals surface area contributed by atoms with Crippen LogP contribution in [-0.4, -0.2) is 122 Å². The van der Waals surface area contributed by atoms with Crippen LogP contribution < -0.4 is 30.3 Å². The zero-order chi connectivity index (χ0) is 48.4. The van der Waals surface area contributed by atoms with Crippen LogP contribution in [0.5, 0.6) is 11.5 Å². The first-order valence-electron chi connectivity index (χ1n) is 25.2. The Morgan fingerprint density at radius 3 is 2.17 bits per heavy atom. The molecule has 69 heavy (non-hydrogen) atoms. The highest BCUT2D eigenvalue weighted by Gasteiger charge is 2.47. The molecular formula is C51H69N9O8S. The van der Waals surface area contributed by atoms with E-state index >= 15 is 0 Å². The first kappa shape index (κ1) is 49.9. The molecule has 5 amide bonds. The number of hydrogen-bond acceptors (Lipinski definition) is 13. The Morgan fingerprint density at radius 1 is 0.812 bits per heavy atom. The van der Waals surface area contributed by atoms with E-state index in [1.807, 2.05) is 18.2 Å². The molecule has 18 heteroatoms. The number of benzene rings is 2. The third-order valence-corrected chi connectivity index (χ3v) is 15.4. The molecule has 4 fully saturated rings. The van der Waals surface area contributed by atoms with Crippen LogP contribution in [0, 0.1) is 11.3 Å². The molecule has 1 spiro atoms. The Morgan fingerprint density at radius 2 is 1.48 bits per heavy atom. The number of unbranched alkanes of at least 4 members (excludes halogenated alkanes) is 9. The minimum absolute atomic E-state index is 0.0733. The van der Waals surface area contributed by atoms with Gasteiger partial charge in [-0.3, -0.25) is 34.2 Å². The van der Waals surface area contributed by atoms with E-state index in [1.54, 1.807) is 36.8 Å². The number of nitrogens with one attached hydrogen (secondary N) is 4. The molecule has 372 valence electrons. The minimum Gasteiger partial charge on any atom is -0.451 e. The highest BCUT2D eigenvalue weighted by Crippen LogP contribution is 2.45. The maximum atomic E-state index is 13.4. The van der Waals surface area contributed by atoms with Crippen molar-refractivity contribution in [1.29, 1.82) is 0 Å². The minimum atomic E-state index is -3.16. The van der Waals surface area contributed by atoms with Crippen LogP contribution in [0.1, 0.15) is 147 Å². The van der Waals surface area contributed by atoms with E-state index in [0.717, 1.165) is 133 Å². The number of carbonyl (C=O) groups is 5. The zero-order valence-corrected chi connectivity index (χ0v) is 40.8. The molecule has 1 unspecified atom stereocenters. The Kier molecular flexibility index (Phi) is 16.6. The van der Waals surface area contributed by atoms with Gasteiger partial charge in [-0.25, -0.2) is 23.1 Å². The summed E-state index contributed by atoms with van der Waals surface area (Å²) in [6.07, 6.45) is 22.0. The number of carbonyl (C=O) groups excluding carboxylic acids is 5. The first-order chi connectivity index (χ1) is 33.3.